The highest BCUT2D eigenvalue weighted by atomic mass is 32.1. The number of nitrogens with two attached hydrogens (primary N) is 1. The van der Waals surface area contributed by atoms with Gasteiger partial charge < -0.3 is 34.6 Å². The highest BCUT2D eigenvalue weighted by Crippen LogP contribution is 2.36. The normalized spacial score (nSPS) is 18.1. The molecular weight excluding hydrogens is 877 g/mol. The molecule has 3 aromatic heterocycles. The summed E-state index contributed by atoms with van der Waals surface area (Å²) >= 11 is 4.19. The maximum atomic E-state index is 12.9. The topological polar surface area (TPSA) is 132 Å². The van der Waals surface area contributed by atoms with Gasteiger partial charge in [0.05, 0.1) is 59.8 Å². The molecule has 9 rings (SSSR count). The minimum atomic E-state index is -0.553. The molecular formula is C56H76N10O2S. The van der Waals surface area contributed by atoms with Gasteiger partial charge in [-0.3, -0.25) is 9.59 Å². The summed E-state index contributed by atoms with van der Waals surface area (Å²) in [5.74, 6) is 3.93. The number of amides is 2. The molecule has 6 aromatic rings. The minimum absolute atomic E-state index is 0.00963. The third-order valence-corrected chi connectivity index (χ3v) is 14.4. The predicted molar refractivity (Wildman–Crippen MR) is 282 cm³/mol. The van der Waals surface area contributed by atoms with Gasteiger partial charge in [0.15, 0.2) is 0 Å². The highest BCUT2D eigenvalue weighted by molar-refractivity contribution is 7.80. The van der Waals surface area contributed by atoms with E-state index in [1.54, 1.807) is 0 Å². The van der Waals surface area contributed by atoms with E-state index in [1.807, 2.05) is 54.7 Å². The van der Waals surface area contributed by atoms with Gasteiger partial charge in [-0.15, -0.1) is 0 Å². The molecule has 3 unspecified atom stereocenters. The molecule has 368 valence electrons. The van der Waals surface area contributed by atoms with E-state index in [-0.39, 0.29) is 29.8 Å². The molecule has 0 aliphatic carbocycles. The standard InChI is InChI=1S/C21H29N3O.C19H26N4OS.C16H21N3/c1-4-6-12-18-20-22-15-19(17-10-8-7-9-11-17)23(20)13-14-24(18)21(25)16(3)5-2;1-2-3-9-16-18-21-12-17(14-7-5-4-6-8-14)22(18)10-11-23(16)19(24)15(20)13-25;1-2-3-9-14-16-18-12-15(19(16)11-10-17-14)13-7-5-4-6-8-13/h7-11,15-16,18H,4-6,12-14H2,1-3H3;4-8,12,15-16,25H,2-3,9-11,13,20H2,1H3;4-8,12,14,17H,2-3,9-11H2,1H3/t16-,18?;15-,16?;/m00./s1. The molecule has 12 nitrogen and oxygen atoms in total. The van der Waals surface area contributed by atoms with E-state index in [0.717, 1.165) is 106 Å². The fourth-order valence-electron chi connectivity index (χ4n) is 9.93. The zero-order valence-electron chi connectivity index (χ0n) is 41.7. The molecule has 3 aliphatic heterocycles. The van der Waals surface area contributed by atoms with Crippen molar-refractivity contribution < 1.29 is 9.59 Å². The van der Waals surface area contributed by atoms with Crippen LogP contribution in [0.15, 0.2) is 110 Å². The van der Waals surface area contributed by atoms with Gasteiger partial charge in [-0.1, -0.05) is 164 Å². The molecule has 0 spiro atoms. The first-order valence-electron chi connectivity index (χ1n) is 25.8. The number of rotatable bonds is 16. The first kappa shape index (κ1) is 51.4. The van der Waals surface area contributed by atoms with E-state index in [4.69, 9.17) is 15.7 Å². The molecule has 0 saturated heterocycles. The molecule has 0 bridgehead atoms. The Morgan fingerprint density at radius 1 is 0.594 bits per heavy atom. The minimum Gasteiger partial charge on any atom is -0.330 e. The molecule has 3 aliphatic rings. The molecule has 0 saturated carbocycles. The lowest BCUT2D eigenvalue weighted by Gasteiger charge is -2.38. The number of hydrogen-bond donors (Lipinski definition) is 3. The number of aromatic nitrogens is 6. The van der Waals surface area contributed by atoms with E-state index in [1.165, 1.54) is 41.9 Å². The predicted octanol–water partition coefficient (Wildman–Crippen LogP) is 10.9. The van der Waals surface area contributed by atoms with E-state index in [0.29, 0.717) is 18.3 Å². The third kappa shape index (κ3) is 12.1. The van der Waals surface area contributed by atoms with Gasteiger partial charge in [-0.25, -0.2) is 15.0 Å². The monoisotopic (exact) mass is 953 g/mol. The Morgan fingerprint density at radius 3 is 1.42 bits per heavy atom. The summed E-state index contributed by atoms with van der Waals surface area (Å²) in [6, 6.07) is 31.2. The van der Waals surface area contributed by atoms with Crippen LogP contribution in [0.5, 0.6) is 0 Å². The Morgan fingerprint density at radius 2 is 1.00 bits per heavy atom. The summed E-state index contributed by atoms with van der Waals surface area (Å²) in [6.07, 6.45) is 16.8. The summed E-state index contributed by atoms with van der Waals surface area (Å²) in [6.45, 7) is 15.8. The maximum Gasteiger partial charge on any atom is 0.241 e. The second-order valence-electron chi connectivity index (χ2n) is 18.7. The highest BCUT2D eigenvalue weighted by Gasteiger charge is 2.36. The van der Waals surface area contributed by atoms with Crippen molar-refractivity contribution in [2.75, 3.05) is 25.4 Å². The number of thiol groups is 1. The van der Waals surface area contributed by atoms with Gasteiger partial charge in [-0.05, 0) is 42.4 Å². The molecule has 5 atom stereocenters. The van der Waals surface area contributed by atoms with Crippen molar-refractivity contribution in [1.29, 1.82) is 0 Å². The van der Waals surface area contributed by atoms with Crippen molar-refractivity contribution >= 4 is 24.4 Å². The van der Waals surface area contributed by atoms with Crippen LogP contribution in [0.25, 0.3) is 33.8 Å². The molecule has 3 aromatic carbocycles. The Hall–Kier alpha value is -5.50. The number of fused-ring (bicyclic) bond motifs is 3. The lowest BCUT2D eigenvalue weighted by atomic mass is 10.0. The average molecular weight is 953 g/mol. The van der Waals surface area contributed by atoms with Crippen LogP contribution in [0.4, 0.5) is 0 Å². The van der Waals surface area contributed by atoms with Gasteiger partial charge in [0.25, 0.3) is 0 Å². The summed E-state index contributed by atoms with van der Waals surface area (Å²) in [5.41, 5.74) is 13.1. The van der Waals surface area contributed by atoms with Crippen molar-refractivity contribution in [2.45, 2.75) is 143 Å². The zero-order valence-corrected chi connectivity index (χ0v) is 42.6. The number of benzene rings is 3. The largest absolute Gasteiger partial charge is 0.330 e. The van der Waals surface area contributed by atoms with Crippen molar-refractivity contribution in [2.24, 2.45) is 11.7 Å². The number of nitrogens with one attached hydrogen (secondary N) is 1. The van der Waals surface area contributed by atoms with Gasteiger partial charge in [0.2, 0.25) is 11.8 Å². The van der Waals surface area contributed by atoms with E-state index in [2.05, 4.69) is 136 Å². The fraction of sp³-hybridized carbons (Fsp3) is 0.482. The number of nitrogens with zero attached hydrogens (tertiary/aromatic N) is 8. The van der Waals surface area contributed by atoms with Gasteiger partial charge >= 0.3 is 0 Å². The molecule has 69 heavy (non-hydrogen) atoms. The van der Waals surface area contributed by atoms with Crippen LogP contribution >= 0.6 is 12.6 Å². The van der Waals surface area contributed by atoms with Crippen LogP contribution in [0.1, 0.15) is 134 Å². The third-order valence-electron chi connectivity index (χ3n) is 14.0. The summed E-state index contributed by atoms with van der Waals surface area (Å²) in [5, 5.41) is 3.59. The van der Waals surface area contributed by atoms with Crippen LogP contribution in [0.2, 0.25) is 0 Å². The second kappa shape index (κ2) is 25.4. The Kier molecular flexibility index (Phi) is 18.9. The summed E-state index contributed by atoms with van der Waals surface area (Å²) in [4.78, 5) is 43.7. The van der Waals surface area contributed by atoms with Crippen LogP contribution in [-0.2, 0) is 29.2 Å². The number of hydrogen-bond acceptors (Lipinski definition) is 8. The Bertz CT molecular complexity index is 2380. The Balaban J connectivity index is 0.000000154. The van der Waals surface area contributed by atoms with E-state index >= 15 is 0 Å². The average Bonchev–Trinajstić information content (AvgIpc) is 4.17. The number of carbonyl (C=O) groups is 2. The van der Waals surface area contributed by atoms with Crippen molar-refractivity contribution in [3.05, 3.63) is 127 Å². The molecule has 3 N–H and O–H groups in total. The number of carbonyl (C=O) groups excluding carboxylic acids is 2. The van der Waals surface area contributed by atoms with E-state index < -0.39 is 6.04 Å². The SMILES string of the molecule is CCCCC1NCCn2c(-c3ccccc3)cnc21.CCCCC1c2ncc(-c3ccccc3)n2CCN1C(=O)[C@@H](C)CC.CCCCC1c2ncc(-c3ccccc3)n2CCN1C(=O)[C@@H](N)CS. The van der Waals surface area contributed by atoms with Crippen molar-refractivity contribution in [1.82, 2.24) is 43.8 Å². The van der Waals surface area contributed by atoms with Crippen LogP contribution in [0, 0.1) is 5.92 Å². The quantitative estimate of drug-likeness (QED) is 0.0823. The first-order chi connectivity index (χ1) is 33.7. The number of imidazole rings is 3. The van der Waals surface area contributed by atoms with Gasteiger partial charge in [0, 0.05) is 50.9 Å². The van der Waals surface area contributed by atoms with E-state index in [9.17, 15) is 9.59 Å². The van der Waals surface area contributed by atoms with Gasteiger partial charge in [0.1, 0.15) is 17.5 Å². The van der Waals surface area contributed by atoms with Crippen molar-refractivity contribution in [3.63, 3.8) is 0 Å². The zero-order chi connectivity index (χ0) is 48.7. The molecule has 6 heterocycles. The smallest absolute Gasteiger partial charge is 0.241 e. The lowest BCUT2D eigenvalue weighted by Crippen LogP contribution is -2.50. The second-order valence-corrected chi connectivity index (χ2v) is 19.0. The first-order valence-corrected chi connectivity index (χ1v) is 26.4. The fourth-order valence-corrected chi connectivity index (χ4v) is 10.1. The Labute approximate surface area is 416 Å². The molecule has 0 radical (unpaired) electrons. The summed E-state index contributed by atoms with van der Waals surface area (Å²) in [7, 11) is 0. The number of unbranched alkanes of at least 4 members (excludes halogenated alkanes) is 3. The van der Waals surface area contributed by atoms with Crippen molar-refractivity contribution in [3.8, 4) is 33.8 Å². The van der Waals surface area contributed by atoms with Crippen LogP contribution < -0.4 is 11.1 Å². The molecule has 0 fully saturated rings. The van der Waals surface area contributed by atoms with Crippen LogP contribution in [0.3, 0.4) is 0 Å². The summed E-state index contributed by atoms with van der Waals surface area (Å²) < 4.78 is 6.95. The lowest BCUT2D eigenvalue weighted by molar-refractivity contribution is -0.139. The maximum absolute atomic E-state index is 12.9. The van der Waals surface area contributed by atoms with Crippen LogP contribution in [-0.4, -0.2) is 81.7 Å². The molecule has 13 heteroatoms. The van der Waals surface area contributed by atoms with Gasteiger partial charge in [-0.2, -0.15) is 12.6 Å². The molecule has 2 amide bonds.